The van der Waals surface area contributed by atoms with Crippen molar-refractivity contribution in [3.63, 3.8) is 0 Å². The van der Waals surface area contributed by atoms with Gasteiger partial charge in [-0.3, -0.25) is 19.7 Å². The minimum Gasteiger partial charge on any atom is -0.380 e. The average molecular weight is 288 g/mol. The lowest BCUT2D eigenvalue weighted by Gasteiger charge is -2.29. The Labute approximate surface area is 122 Å². The molecule has 6 nitrogen and oxygen atoms in total. The van der Waals surface area contributed by atoms with E-state index in [1.807, 2.05) is 12.1 Å². The number of nitrogens with zero attached hydrogens (tertiary/aromatic N) is 1. The minimum absolute atomic E-state index is 0.150. The number of benzene rings is 1. The van der Waals surface area contributed by atoms with Gasteiger partial charge in [0.1, 0.15) is 6.04 Å². The van der Waals surface area contributed by atoms with Crippen LogP contribution in [0.4, 0.5) is 0 Å². The van der Waals surface area contributed by atoms with Gasteiger partial charge in [-0.25, -0.2) is 0 Å². The van der Waals surface area contributed by atoms with Crippen molar-refractivity contribution in [1.29, 1.82) is 0 Å². The summed E-state index contributed by atoms with van der Waals surface area (Å²) >= 11 is 0. The number of carbonyl (C=O) groups excluding carboxylic acids is 3. The van der Waals surface area contributed by atoms with E-state index in [-0.39, 0.29) is 24.1 Å². The van der Waals surface area contributed by atoms with Crippen molar-refractivity contribution >= 4 is 17.7 Å². The van der Waals surface area contributed by atoms with Crippen LogP contribution in [-0.2, 0) is 27.5 Å². The van der Waals surface area contributed by atoms with Crippen LogP contribution in [0.3, 0.4) is 0 Å². The number of rotatable bonds is 3. The molecule has 1 aromatic rings. The molecule has 2 aliphatic heterocycles. The molecule has 0 aromatic heterocycles. The van der Waals surface area contributed by atoms with Crippen LogP contribution in [0.2, 0.25) is 0 Å². The van der Waals surface area contributed by atoms with Crippen LogP contribution in [0.5, 0.6) is 0 Å². The summed E-state index contributed by atoms with van der Waals surface area (Å²) in [6, 6.07) is 5.00. The van der Waals surface area contributed by atoms with Crippen LogP contribution < -0.4 is 5.32 Å². The Bertz CT molecular complexity index is 626. The Balaban J connectivity index is 1.83. The molecule has 21 heavy (non-hydrogen) atoms. The molecule has 3 rings (SSSR count). The maximum Gasteiger partial charge on any atom is 0.255 e. The number of imide groups is 1. The molecule has 2 heterocycles. The van der Waals surface area contributed by atoms with Crippen molar-refractivity contribution in [2.75, 3.05) is 7.11 Å². The first-order valence-corrected chi connectivity index (χ1v) is 6.85. The predicted octanol–water partition coefficient (Wildman–Crippen LogP) is 0.594. The highest BCUT2D eigenvalue weighted by molar-refractivity contribution is 6.05. The minimum atomic E-state index is -0.562. The number of ether oxygens (including phenoxy) is 1. The maximum atomic E-state index is 12.4. The number of fused-ring (bicyclic) bond motifs is 1. The second kappa shape index (κ2) is 5.29. The van der Waals surface area contributed by atoms with E-state index in [9.17, 15) is 14.4 Å². The molecule has 3 amide bonds. The van der Waals surface area contributed by atoms with E-state index < -0.39 is 6.04 Å². The van der Waals surface area contributed by atoms with Gasteiger partial charge in [0.05, 0.1) is 6.61 Å². The second-order valence-electron chi connectivity index (χ2n) is 5.32. The van der Waals surface area contributed by atoms with Gasteiger partial charge in [-0.15, -0.1) is 0 Å². The Morgan fingerprint density at radius 1 is 1.33 bits per heavy atom. The molecule has 1 aromatic carbocycles. The van der Waals surface area contributed by atoms with Crippen LogP contribution in [0.15, 0.2) is 18.2 Å². The number of carbonyl (C=O) groups is 3. The van der Waals surface area contributed by atoms with Gasteiger partial charge in [0.2, 0.25) is 11.8 Å². The normalized spacial score (nSPS) is 21.5. The van der Waals surface area contributed by atoms with E-state index in [1.165, 1.54) is 0 Å². The molecule has 110 valence electrons. The molecule has 0 aliphatic carbocycles. The lowest BCUT2D eigenvalue weighted by atomic mass is 10.0. The van der Waals surface area contributed by atoms with Gasteiger partial charge in [0, 0.05) is 25.6 Å². The summed E-state index contributed by atoms with van der Waals surface area (Å²) in [5, 5.41) is 2.29. The zero-order valence-electron chi connectivity index (χ0n) is 11.7. The lowest BCUT2D eigenvalue weighted by Crippen LogP contribution is -2.52. The van der Waals surface area contributed by atoms with Gasteiger partial charge in [0.15, 0.2) is 0 Å². The zero-order valence-corrected chi connectivity index (χ0v) is 11.7. The van der Waals surface area contributed by atoms with Crippen molar-refractivity contribution < 1.29 is 19.1 Å². The Morgan fingerprint density at radius 3 is 2.86 bits per heavy atom. The fourth-order valence-corrected chi connectivity index (χ4v) is 2.88. The summed E-state index contributed by atoms with van der Waals surface area (Å²) in [6.45, 7) is 0.887. The molecule has 1 fully saturated rings. The van der Waals surface area contributed by atoms with Gasteiger partial charge in [-0.2, -0.15) is 0 Å². The first kappa shape index (κ1) is 13.8. The Kier molecular flexibility index (Phi) is 3.47. The van der Waals surface area contributed by atoms with Crippen LogP contribution in [0.1, 0.15) is 34.3 Å². The SMILES string of the molecule is COCc1ccc2c(c1)CN(C1CCC(=O)NC1=O)C2=O. The highest BCUT2D eigenvalue weighted by Crippen LogP contribution is 2.28. The largest absolute Gasteiger partial charge is 0.380 e. The topological polar surface area (TPSA) is 75.7 Å². The Morgan fingerprint density at radius 2 is 2.14 bits per heavy atom. The quantitative estimate of drug-likeness (QED) is 0.826. The molecule has 1 N–H and O–H groups in total. The van der Waals surface area contributed by atoms with Crippen molar-refractivity contribution in [1.82, 2.24) is 10.2 Å². The number of piperidine rings is 1. The fourth-order valence-electron chi connectivity index (χ4n) is 2.88. The van der Waals surface area contributed by atoms with E-state index in [4.69, 9.17) is 4.74 Å². The highest BCUT2D eigenvalue weighted by Gasteiger charge is 2.38. The standard InChI is InChI=1S/C15H16N2O4/c1-21-8-9-2-3-11-10(6-9)7-17(15(11)20)12-4-5-13(18)16-14(12)19/h2-3,6,12H,4-5,7-8H2,1H3,(H,16,18,19). The maximum absolute atomic E-state index is 12.4. The smallest absolute Gasteiger partial charge is 0.255 e. The van der Waals surface area contributed by atoms with E-state index in [1.54, 1.807) is 18.1 Å². The summed E-state index contributed by atoms with van der Waals surface area (Å²) < 4.78 is 5.09. The predicted molar refractivity (Wildman–Crippen MR) is 73.2 cm³/mol. The summed E-state index contributed by atoms with van der Waals surface area (Å²) in [5.41, 5.74) is 2.52. The average Bonchev–Trinajstić information content (AvgIpc) is 2.76. The van der Waals surface area contributed by atoms with E-state index in [2.05, 4.69) is 5.32 Å². The molecule has 2 aliphatic rings. The lowest BCUT2D eigenvalue weighted by molar-refractivity contribution is -0.136. The molecule has 0 bridgehead atoms. The van der Waals surface area contributed by atoms with Gasteiger partial charge in [-0.05, 0) is 23.6 Å². The van der Waals surface area contributed by atoms with Crippen molar-refractivity contribution in [2.24, 2.45) is 0 Å². The number of methoxy groups -OCH3 is 1. The van der Waals surface area contributed by atoms with Crippen LogP contribution in [-0.4, -0.2) is 35.8 Å². The van der Waals surface area contributed by atoms with E-state index >= 15 is 0 Å². The molecule has 0 spiro atoms. The molecule has 1 saturated heterocycles. The summed E-state index contributed by atoms with van der Waals surface area (Å²) in [5.74, 6) is -0.809. The first-order chi connectivity index (χ1) is 10.1. The van der Waals surface area contributed by atoms with Gasteiger partial charge in [-0.1, -0.05) is 12.1 Å². The molecule has 0 radical (unpaired) electrons. The van der Waals surface area contributed by atoms with Crippen molar-refractivity contribution in [3.05, 3.63) is 34.9 Å². The molecule has 1 unspecified atom stereocenters. The van der Waals surface area contributed by atoms with Crippen LogP contribution in [0.25, 0.3) is 0 Å². The van der Waals surface area contributed by atoms with Crippen LogP contribution >= 0.6 is 0 Å². The van der Waals surface area contributed by atoms with Crippen molar-refractivity contribution in [3.8, 4) is 0 Å². The molecule has 6 heteroatoms. The van der Waals surface area contributed by atoms with Gasteiger partial charge >= 0.3 is 0 Å². The number of amides is 3. The summed E-state index contributed by atoms with van der Waals surface area (Å²) in [7, 11) is 1.62. The third-order valence-corrected chi connectivity index (χ3v) is 3.90. The molecule has 0 saturated carbocycles. The first-order valence-electron chi connectivity index (χ1n) is 6.85. The molecule has 1 atom stereocenters. The van der Waals surface area contributed by atoms with Gasteiger partial charge < -0.3 is 9.64 Å². The third-order valence-electron chi connectivity index (χ3n) is 3.90. The van der Waals surface area contributed by atoms with Crippen molar-refractivity contribution in [2.45, 2.75) is 32.0 Å². The number of hydrogen-bond acceptors (Lipinski definition) is 4. The Hall–Kier alpha value is -2.21. The zero-order chi connectivity index (χ0) is 15.0. The van der Waals surface area contributed by atoms with E-state index in [0.29, 0.717) is 25.1 Å². The monoisotopic (exact) mass is 288 g/mol. The summed E-state index contributed by atoms with van der Waals surface area (Å²) in [6.07, 6.45) is 0.654. The number of hydrogen-bond donors (Lipinski definition) is 1. The number of nitrogens with one attached hydrogen (secondary N) is 1. The molecular weight excluding hydrogens is 272 g/mol. The highest BCUT2D eigenvalue weighted by atomic mass is 16.5. The third kappa shape index (κ3) is 2.42. The second-order valence-corrected chi connectivity index (χ2v) is 5.32. The van der Waals surface area contributed by atoms with Crippen LogP contribution in [0, 0.1) is 0 Å². The summed E-state index contributed by atoms with van der Waals surface area (Å²) in [4.78, 5) is 37.1. The molecular formula is C15H16N2O4. The fraction of sp³-hybridized carbons (Fsp3) is 0.400. The van der Waals surface area contributed by atoms with Gasteiger partial charge in [0.25, 0.3) is 5.91 Å². The van der Waals surface area contributed by atoms with E-state index in [0.717, 1.165) is 11.1 Å².